The third-order valence-electron chi connectivity index (χ3n) is 5.69. The molecule has 34 heavy (non-hydrogen) atoms. The quantitative estimate of drug-likeness (QED) is 0.356. The zero-order valence-corrected chi connectivity index (χ0v) is 20.4. The van der Waals surface area contributed by atoms with Crippen LogP contribution in [0.15, 0.2) is 76.8 Å². The number of rotatable bonds is 6. The maximum absolute atomic E-state index is 13.3. The van der Waals surface area contributed by atoms with Gasteiger partial charge in [-0.25, -0.2) is 9.69 Å². The molecule has 6 nitrogen and oxygen atoms in total. The number of methoxy groups -OCH3 is 1. The predicted octanol–water partition coefficient (Wildman–Crippen LogP) is 5.28. The van der Waals surface area contributed by atoms with Crippen molar-refractivity contribution in [3.63, 3.8) is 0 Å². The van der Waals surface area contributed by atoms with Gasteiger partial charge in [-0.1, -0.05) is 59.3 Å². The van der Waals surface area contributed by atoms with E-state index >= 15 is 0 Å². The Morgan fingerprint density at radius 2 is 1.71 bits per heavy atom. The third kappa shape index (κ3) is 4.79. The molecule has 0 unspecified atom stereocenters. The van der Waals surface area contributed by atoms with Gasteiger partial charge in [0.25, 0.3) is 11.8 Å². The van der Waals surface area contributed by atoms with Crippen LogP contribution in [0.5, 0.6) is 5.75 Å². The average Bonchev–Trinajstić information content (AvgIpc) is 2.84. The Kier molecular flexibility index (Phi) is 6.93. The van der Waals surface area contributed by atoms with Crippen LogP contribution in [0.25, 0.3) is 6.08 Å². The van der Waals surface area contributed by atoms with Crippen molar-refractivity contribution in [2.45, 2.75) is 19.8 Å². The molecule has 1 saturated heterocycles. The molecule has 0 aliphatic carbocycles. The molecule has 0 atom stereocenters. The number of urea groups is 1. The average molecular weight is 519 g/mol. The highest BCUT2D eigenvalue weighted by molar-refractivity contribution is 9.10. The Balaban J connectivity index is 1.74. The number of ether oxygens (including phenoxy) is 1. The monoisotopic (exact) mass is 518 g/mol. The molecule has 0 saturated carbocycles. The maximum atomic E-state index is 13.3. The van der Waals surface area contributed by atoms with Gasteiger partial charge >= 0.3 is 6.03 Å². The second-order valence-corrected chi connectivity index (χ2v) is 8.67. The summed E-state index contributed by atoms with van der Waals surface area (Å²) < 4.78 is 6.34. The number of barbiturate groups is 1. The summed E-state index contributed by atoms with van der Waals surface area (Å²) in [6.45, 7) is 2.02. The zero-order chi connectivity index (χ0) is 24.2. The van der Waals surface area contributed by atoms with Crippen molar-refractivity contribution >= 4 is 45.5 Å². The minimum absolute atomic E-state index is 0.113. The van der Waals surface area contributed by atoms with Crippen LogP contribution in [0.2, 0.25) is 0 Å². The van der Waals surface area contributed by atoms with Gasteiger partial charge in [0.1, 0.15) is 11.3 Å². The van der Waals surface area contributed by atoms with Gasteiger partial charge in [-0.05, 0) is 71.5 Å². The van der Waals surface area contributed by atoms with Crippen LogP contribution in [0.1, 0.15) is 29.2 Å². The molecule has 4 amide bonds. The number of anilines is 1. The smallest absolute Gasteiger partial charge is 0.335 e. The Morgan fingerprint density at radius 1 is 0.971 bits per heavy atom. The van der Waals surface area contributed by atoms with Crippen molar-refractivity contribution in [1.29, 1.82) is 0 Å². The van der Waals surface area contributed by atoms with Gasteiger partial charge < -0.3 is 4.74 Å². The normalized spacial score (nSPS) is 15.0. The molecular weight excluding hydrogens is 496 g/mol. The van der Waals surface area contributed by atoms with Crippen molar-refractivity contribution < 1.29 is 19.1 Å². The number of nitrogens with zero attached hydrogens (tertiary/aromatic N) is 1. The van der Waals surface area contributed by atoms with Gasteiger partial charge in [0, 0.05) is 4.47 Å². The van der Waals surface area contributed by atoms with Crippen molar-refractivity contribution in [2.75, 3.05) is 12.0 Å². The number of hydrogen-bond acceptors (Lipinski definition) is 4. The summed E-state index contributed by atoms with van der Waals surface area (Å²) in [7, 11) is 1.58. The third-order valence-corrected chi connectivity index (χ3v) is 6.47. The van der Waals surface area contributed by atoms with E-state index in [4.69, 9.17) is 4.74 Å². The minimum Gasteiger partial charge on any atom is -0.497 e. The van der Waals surface area contributed by atoms with E-state index in [-0.39, 0.29) is 5.57 Å². The first kappa shape index (κ1) is 23.4. The lowest BCUT2D eigenvalue weighted by molar-refractivity contribution is -0.122. The highest BCUT2D eigenvalue weighted by Gasteiger charge is 2.36. The largest absolute Gasteiger partial charge is 0.497 e. The molecule has 0 radical (unpaired) electrons. The summed E-state index contributed by atoms with van der Waals surface area (Å²) >= 11 is 3.57. The van der Waals surface area contributed by atoms with E-state index < -0.39 is 17.8 Å². The van der Waals surface area contributed by atoms with E-state index in [1.54, 1.807) is 31.4 Å². The van der Waals surface area contributed by atoms with Crippen LogP contribution in [0.4, 0.5) is 10.5 Å². The number of nitrogens with one attached hydrogen (secondary N) is 1. The molecule has 172 valence electrons. The molecule has 0 spiro atoms. The van der Waals surface area contributed by atoms with E-state index in [9.17, 15) is 14.4 Å². The van der Waals surface area contributed by atoms with Gasteiger partial charge in [-0.2, -0.15) is 0 Å². The number of carbonyl (C=O) groups is 3. The highest BCUT2D eigenvalue weighted by Crippen LogP contribution is 2.28. The van der Waals surface area contributed by atoms with Crippen LogP contribution in [-0.2, 0) is 22.4 Å². The fourth-order valence-corrected chi connectivity index (χ4v) is 4.20. The van der Waals surface area contributed by atoms with Gasteiger partial charge in [-0.3, -0.25) is 14.9 Å². The molecule has 0 bridgehead atoms. The molecule has 1 fully saturated rings. The standard InChI is InChI=1S/C27H23BrN2O4/c1-3-17-8-11-21(12-9-17)30-26(32)23(25(31)29-27(30)33)16-18-10-13-22(34-2)15-20(18)14-19-6-4-5-7-24(19)28/h4-13,15-16H,3,14H2,1-2H3,(H,29,31,33)/b23-16+. The van der Waals surface area contributed by atoms with Gasteiger partial charge in [0.15, 0.2) is 0 Å². The van der Waals surface area contributed by atoms with E-state index in [0.717, 1.165) is 32.5 Å². The van der Waals surface area contributed by atoms with Crippen molar-refractivity contribution in [2.24, 2.45) is 0 Å². The van der Waals surface area contributed by atoms with Gasteiger partial charge in [-0.15, -0.1) is 0 Å². The summed E-state index contributed by atoms with van der Waals surface area (Å²) in [5, 5.41) is 2.28. The van der Waals surface area contributed by atoms with Crippen molar-refractivity contribution in [1.82, 2.24) is 5.32 Å². The topological polar surface area (TPSA) is 75.7 Å². The Morgan fingerprint density at radius 3 is 2.38 bits per heavy atom. The zero-order valence-electron chi connectivity index (χ0n) is 18.8. The molecule has 4 rings (SSSR count). The number of imide groups is 2. The molecular formula is C27H23BrN2O4. The molecule has 3 aromatic carbocycles. The fraction of sp³-hybridized carbons (Fsp3) is 0.148. The van der Waals surface area contributed by atoms with Gasteiger partial charge in [0.05, 0.1) is 12.8 Å². The number of carbonyl (C=O) groups excluding carboxylic acids is 3. The van der Waals surface area contributed by atoms with Gasteiger partial charge in [0.2, 0.25) is 0 Å². The van der Waals surface area contributed by atoms with Crippen molar-refractivity contribution in [3.8, 4) is 5.75 Å². The predicted molar refractivity (Wildman–Crippen MR) is 135 cm³/mol. The summed E-state index contributed by atoms with van der Waals surface area (Å²) in [5.74, 6) is -0.726. The Labute approximate surface area is 206 Å². The lowest BCUT2D eigenvalue weighted by Crippen LogP contribution is -2.54. The van der Waals surface area contributed by atoms with E-state index in [2.05, 4.69) is 21.2 Å². The maximum Gasteiger partial charge on any atom is 0.335 e. The molecule has 1 aliphatic heterocycles. The molecule has 1 aliphatic rings. The number of hydrogen-bond donors (Lipinski definition) is 1. The summed E-state index contributed by atoms with van der Waals surface area (Å²) in [6, 6.07) is 19.6. The summed E-state index contributed by atoms with van der Waals surface area (Å²) in [5.41, 5.74) is 3.97. The van der Waals surface area contributed by atoms with Crippen LogP contribution in [-0.4, -0.2) is 25.0 Å². The number of benzene rings is 3. The molecule has 3 aromatic rings. The number of halogens is 1. The summed E-state index contributed by atoms with van der Waals surface area (Å²) in [6.07, 6.45) is 2.92. The molecule has 7 heteroatoms. The minimum atomic E-state index is -0.764. The van der Waals surface area contributed by atoms with Crippen molar-refractivity contribution in [3.05, 3.63) is 99.0 Å². The van der Waals surface area contributed by atoms with Crippen LogP contribution in [0.3, 0.4) is 0 Å². The Bertz CT molecular complexity index is 1300. The second-order valence-electron chi connectivity index (χ2n) is 7.81. The highest BCUT2D eigenvalue weighted by atomic mass is 79.9. The van der Waals surface area contributed by atoms with Crippen LogP contribution in [0, 0.1) is 0 Å². The molecule has 0 aromatic heterocycles. The molecule has 1 heterocycles. The van der Waals surface area contributed by atoms with Crippen LogP contribution >= 0.6 is 15.9 Å². The lowest BCUT2D eigenvalue weighted by atomic mass is 9.97. The Hall–Kier alpha value is -3.71. The molecule has 1 N–H and O–H groups in total. The number of amides is 4. The second kappa shape index (κ2) is 10.1. The van der Waals surface area contributed by atoms with E-state index in [0.29, 0.717) is 23.4 Å². The first-order valence-electron chi connectivity index (χ1n) is 10.8. The SMILES string of the molecule is CCc1ccc(N2C(=O)NC(=O)/C(=C\c3ccc(OC)cc3Cc3ccccc3Br)C2=O)cc1. The summed E-state index contributed by atoms with van der Waals surface area (Å²) in [4.78, 5) is 39.5. The number of aryl methyl sites for hydroxylation is 1. The first-order chi connectivity index (χ1) is 16.4. The van der Waals surface area contributed by atoms with E-state index in [1.807, 2.05) is 49.4 Å². The lowest BCUT2D eigenvalue weighted by Gasteiger charge is -2.26. The van der Waals surface area contributed by atoms with Crippen LogP contribution < -0.4 is 15.0 Å². The fourth-order valence-electron chi connectivity index (χ4n) is 3.78. The van der Waals surface area contributed by atoms with E-state index in [1.165, 1.54) is 6.08 Å². The first-order valence-corrected chi connectivity index (χ1v) is 11.6.